The van der Waals surface area contributed by atoms with Gasteiger partial charge in [0.05, 0.1) is 5.70 Å². The lowest BCUT2D eigenvalue weighted by molar-refractivity contribution is 0.175. The molecule has 2 N–H and O–H groups in total. The van der Waals surface area contributed by atoms with Gasteiger partial charge in [-0.3, -0.25) is 0 Å². The third kappa shape index (κ3) is 1.02. The number of hydrogen-bond acceptors (Lipinski definition) is 2. The van der Waals surface area contributed by atoms with Crippen molar-refractivity contribution in [2.75, 3.05) is 0 Å². The summed E-state index contributed by atoms with van der Waals surface area (Å²) in [6.45, 7) is 2.08. The highest BCUT2D eigenvalue weighted by Gasteiger charge is 2.25. The summed E-state index contributed by atoms with van der Waals surface area (Å²) >= 11 is 0. The van der Waals surface area contributed by atoms with E-state index in [1.807, 2.05) is 0 Å². The van der Waals surface area contributed by atoms with Gasteiger partial charge in [-0.2, -0.15) is 0 Å². The Morgan fingerprint density at radius 3 is 3.18 bits per heavy atom. The molecule has 60 valence electrons. The Labute approximate surface area is 66.7 Å². The quantitative estimate of drug-likeness (QED) is 0.571. The maximum Gasteiger partial charge on any atom is 0.141 e. The van der Waals surface area contributed by atoms with Crippen molar-refractivity contribution in [2.24, 2.45) is 5.73 Å². The van der Waals surface area contributed by atoms with Crippen molar-refractivity contribution in [3.05, 3.63) is 23.1 Å². The Bertz CT molecular complexity index is 240. The zero-order valence-corrected chi connectivity index (χ0v) is 6.76. The molecule has 2 heteroatoms. The molecular weight excluding hydrogens is 138 g/mol. The summed E-state index contributed by atoms with van der Waals surface area (Å²) in [4.78, 5) is 0. The first-order valence-electron chi connectivity index (χ1n) is 4.12. The second-order valence-electron chi connectivity index (χ2n) is 3.25. The van der Waals surface area contributed by atoms with Gasteiger partial charge in [-0.05, 0) is 25.3 Å². The molecule has 1 unspecified atom stereocenters. The van der Waals surface area contributed by atoms with Crippen LogP contribution in [0.4, 0.5) is 0 Å². The minimum Gasteiger partial charge on any atom is -0.488 e. The Morgan fingerprint density at radius 1 is 1.64 bits per heavy atom. The molecule has 1 saturated heterocycles. The summed E-state index contributed by atoms with van der Waals surface area (Å²) in [7, 11) is 0. The van der Waals surface area contributed by atoms with Crippen molar-refractivity contribution in [3.8, 4) is 0 Å². The van der Waals surface area contributed by atoms with Crippen LogP contribution < -0.4 is 5.73 Å². The predicted octanol–water partition coefficient (Wildman–Crippen LogP) is 1.69. The van der Waals surface area contributed by atoms with Gasteiger partial charge in [0, 0.05) is 6.42 Å². The second-order valence-corrected chi connectivity index (χ2v) is 3.25. The molecule has 0 aromatic carbocycles. The van der Waals surface area contributed by atoms with Gasteiger partial charge in [0.2, 0.25) is 0 Å². The first-order valence-corrected chi connectivity index (χ1v) is 4.12. The van der Waals surface area contributed by atoms with Crippen LogP contribution in [0.1, 0.15) is 26.2 Å². The molecule has 0 saturated carbocycles. The van der Waals surface area contributed by atoms with Crippen molar-refractivity contribution in [3.63, 3.8) is 0 Å². The van der Waals surface area contributed by atoms with Crippen LogP contribution in [-0.4, -0.2) is 6.10 Å². The summed E-state index contributed by atoms with van der Waals surface area (Å²) in [6.07, 6.45) is 5.66. The zero-order chi connectivity index (χ0) is 7.84. The second kappa shape index (κ2) is 2.29. The van der Waals surface area contributed by atoms with Crippen LogP contribution in [0, 0.1) is 0 Å². The SMILES string of the molecule is CC1CC2=CCCC(N)=C2O1. The summed E-state index contributed by atoms with van der Waals surface area (Å²) in [5.41, 5.74) is 8.05. The summed E-state index contributed by atoms with van der Waals surface area (Å²) in [5.74, 6) is 0.976. The molecule has 11 heavy (non-hydrogen) atoms. The Kier molecular flexibility index (Phi) is 1.41. The Morgan fingerprint density at radius 2 is 2.45 bits per heavy atom. The fourth-order valence-electron chi connectivity index (χ4n) is 1.69. The van der Waals surface area contributed by atoms with Crippen LogP contribution in [0.25, 0.3) is 0 Å². The fraction of sp³-hybridized carbons (Fsp3) is 0.556. The van der Waals surface area contributed by atoms with Crippen molar-refractivity contribution < 1.29 is 4.74 Å². The minimum atomic E-state index is 0.327. The number of ether oxygens (including phenoxy) is 1. The van der Waals surface area contributed by atoms with Crippen molar-refractivity contribution >= 4 is 0 Å². The molecule has 0 amide bonds. The smallest absolute Gasteiger partial charge is 0.141 e. The lowest BCUT2D eigenvalue weighted by Crippen LogP contribution is -2.06. The highest BCUT2D eigenvalue weighted by atomic mass is 16.5. The number of fused-ring (bicyclic) bond motifs is 1. The largest absolute Gasteiger partial charge is 0.488 e. The van der Waals surface area contributed by atoms with Gasteiger partial charge in [-0.15, -0.1) is 0 Å². The first-order chi connectivity index (χ1) is 5.27. The lowest BCUT2D eigenvalue weighted by Gasteiger charge is -2.11. The van der Waals surface area contributed by atoms with Crippen molar-refractivity contribution in [1.29, 1.82) is 0 Å². The Balaban J connectivity index is 2.34. The zero-order valence-electron chi connectivity index (χ0n) is 6.76. The van der Waals surface area contributed by atoms with Crippen LogP contribution in [0.3, 0.4) is 0 Å². The van der Waals surface area contributed by atoms with E-state index in [0.29, 0.717) is 6.10 Å². The average Bonchev–Trinajstić information content (AvgIpc) is 2.31. The van der Waals surface area contributed by atoms with E-state index in [-0.39, 0.29) is 0 Å². The number of rotatable bonds is 0. The minimum absolute atomic E-state index is 0.327. The third-order valence-electron chi connectivity index (χ3n) is 2.21. The van der Waals surface area contributed by atoms with Gasteiger partial charge >= 0.3 is 0 Å². The van der Waals surface area contributed by atoms with E-state index in [9.17, 15) is 0 Å². The number of hydrogen-bond donors (Lipinski definition) is 1. The molecule has 1 heterocycles. The van der Waals surface area contributed by atoms with Gasteiger partial charge in [0.1, 0.15) is 11.9 Å². The highest BCUT2D eigenvalue weighted by Crippen LogP contribution is 2.34. The normalized spacial score (nSPS) is 29.5. The maximum atomic E-state index is 5.80. The van der Waals surface area contributed by atoms with Gasteiger partial charge in [0.25, 0.3) is 0 Å². The van der Waals surface area contributed by atoms with Crippen LogP contribution in [0.15, 0.2) is 23.1 Å². The average molecular weight is 151 g/mol. The molecule has 2 nitrogen and oxygen atoms in total. The van der Waals surface area contributed by atoms with Gasteiger partial charge in [-0.1, -0.05) is 6.08 Å². The standard InChI is InChI=1S/C9H13NO/c1-6-5-7-3-2-4-8(10)9(7)11-6/h3,6H,2,4-5,10H2,1H3. The molecular formula is C9H13NO. The molecule has 1 fully saturated rings. The van der Waals surface area contributed by atoms with E-state index in [0.717, 1.165) is 30.7 Å². The predicted molar refractivity (Wildman–Crippen MR) is 43.7 cm³/mol. The maximum absolute atomic E-state index is 5.80. The number of nitrogens with two attached hydrogens (primary N) is 1. The van der Waals surface area contributed by atoms with Gasteiger partial charge in [0.15, 0.2) is 0 Å². The molecule has 1 aliphatic heterocycles. The van der Waals surface area contributed by atoms with Crippen LogP contribution in [0.5, 0.6) is 0 Å². The lowest BCUT2D eigenvalue weighted by atomic mass is 10.0. The summed E-state index contributed by atoms with van der Waals surface area (Å²) in [6, 6.07) is 0. The van der Waals surface area contributed by atoms with Crippen molar-refractivity contribution in [1.82, 2.24) is 0 Å². The molecule has 1 aliphatic carbocycles. The van der Waals surface area contributed by atoms with Crippen LogP contribution in [0.2, 0.25) is 0 Å². The van der Waals surface area contributed by atoms with Crippen LogP contribution in [-0.2, 0) is 4.74 Å². The highest BCUT2D eigenvalue weighted by molar-refractivity contribution is 5.36. The summed E-state index contributed by atoms with van der Waals surface area (Å²) in [5, 5.41) is 0. The third-order valence-corrected chi connectivity index (χ3v) is 2.21. The van der Waals surface area contributed by atoms with E-state index in [1.54, 1.807) is 0 Å². The molecule has 0 aromatic rings. The topological polar surface area (TPSA) is 35.2 Å². The number of allylic oxidation sites excluding steroid dienone is 3. The molecule has 0 radical (unpaired) electrons. The van der Waals surface area contributed by atoms with E-state index in [1.165, 1.54) is 5.57 Å². The fourth-order valence-corrected chi connectivity index (χ4v) is 1.69. The Hall–Kier alpha value is -0.920. The molecule has 0 spiro atoms. The van der Waals surface area contributed by atoms with E-state index in [4.69, 9.17) is 10.5 Å². The van der Waals surface area contributed by atoms with Gasteiger partial charge < -0.3 is 10.5 Å². The molecule has 2 rings (SSSR count). The molecule has 2 aliphatic rings. The summed E-state index contributed by atoms with van der Waals surface area (Å²) < 4.78 is 5.56. The van der Waals surface area contributed by atoms with Crippen molar-refractivity contribution in [2.45, 2.75) is 32.3 Å². The van der Waals surface area contributed by atoms with Gasteiger partial charge in [-0.25, -0.2) is 0 Å². The van der Waals surface area contributed by atoms with E-state index < -0.39 is 0 Å². The van der Waals surface area contributed by atoms with E-state index >= 15 is 0 Å². The first kappa shape index (κ1) is 6.77. The monoisotopic (exact) mass is 151 g/mol. The molecule has 1 atom stereocenters. The molecule has 0 bridgehead atoms. The van der Waals surface area contributed by atoms with E-state index in [2.05, 4.69) is 13.0 Å². The van der Waals surface area contributed by atoms with Crippen LogP contribution >= 0.6 is 0 Å². The molecule has 0 aromatic heterocycles.